The molecule has 1 aromatic carbocycles. The van der Waals surface area contributed by atoms with Crippen molar-refractivity contribution >= 4 is 0 Å². The fraction of sp³-hybridized carbons (Fsp3) is 0.500. The predicted molar refractivity (Wildman–Crippen MR) is 68.3 cm³/mol. The molecule has 3 nitrogen and oxygen atoms in total. The van der Waals surface area contributed by atoms with Crippen molar-refractivity contribution in [3.8, 4) is 6.07 Å². The number of nitrogens with zero attached hydrogens (tertiary/aromatic N) is 1. The van der Waals surface area contributed by atoms with Crippen molar-refractivity contribution in [2.45, 2.75) is 26.5 Å². The van der Waals surface area contributed by atoms with Gasteiger partial charge in [-0.05, 0) is 23.6 Å². The number of rotatable bonds is 6. The average molecular weight is 232 g/mol. The fourth-order valence-corrected chi connectivity index (χ4v) is 1.68. The number of methoxy groups -OCH3 is 1. The second-order valence-corrected chi connectivity index (χ2v) is 4.50. The fourth-order valence-electron chi connectivity index (χ4n) is 1.68. The van der Waals surface area contributed by atoms with E-state index in [1.807, 2.05) is 24.3 Å². The highest BCUT2D eigenvalue weighted by atomic mass is 16.5. The first-order valence-electron chi connectivity index (χ1n) is 5.88. The maximum absolute atomic E-state index is 9.23. The predicted octanol–water partition coefficient (Wildman–Crippen LogP) is 2.64. The Labute approximate surface area is 103 Å². The van der Waals surface area contributed by atoms with Gasteiger partial charge in [0.2, 0.25) is 0 Å². The summed E-state index contributed by atoms with van der Waals surface area (Å²) in [5.41, 5.74) is 2.08. The summed E-state index contributed by atoms with van der Waals surface area (Å²) >= 11 is 0. The minimum atomic E-state index is -0.260. The molecule has 0 aliphatic heterocycles. The smallest absolute Gasteiger partial charge is 0.121 e. The summed E-state index contributed by atoms with van der Waals surface area (Å²) < 4.78 is 5.15. The largest absolute Gasteiger partial charge is 0.380 e. The third-order valence-corrected chi connectivity index (χ3v) is 2.53. The van der Waals surface area contributed by atoms with Crippen LogP contribution in [0.1, 0.15) is 31.0 Å². The number of nitrogens with one attached hydrogen (secondary N) is 1. The molecule has 0 radical (unpaired) electrons. The summed E-state index contributed by atoms with van der Waals surface area (Å²) in [4.78, 5) is 0. The van der Waals surface area contributed by atoms with Gasteiger partial charge in [-0.15, -0.1) is 0 Å². The molecule has 1 N–H and O–H groups in total. The van der Waals surface area contributed by atoms with Crippen LogP contribution in [-0.2, 0) is 11.3 Å². The van der Waals surface area contributed by atoms with Crippen LogP contribution < -0.4 is 5.32 Å². The van der Waals surface area contributed by atoms with Gasteiger partial charge in [0, 0.05) is 7.11 Å². The molecule has 1 unspecified atom stereocenters. The zero-order valence-electron chi connectivity index (χ0n) is 10.7. The molecule has 0 aliphatic rings. The Bertz CT molecular complexity index is 382. The van der Waals surface area contributed by atoms with E-state index in [-0.39, 0.29) is 6.04 Å². The Kier molecular flexibility index (Phi) is 5.68. The zero-order chi connectivity index (χ0) is 12.7. The van der Waals surface area contributed by atoms with E-state index in [1.54, 1.807) is 7.11 Å². The number of nitriles is 1. The second-order valence-electron chi connectivity index (χ2n) is 4.50. The maximum atomic E-state index is 9.23. The Hall–Kier alpha value is -1.37. The van der Waals surface area contributed by atoms with Gasteiger partial charge in [-0.2, -0.15) is 5.26 Å². The molecule has 92 valence electrons. The third kappa shape index (κ3) is 4.18. The highest BCUT2D eigenvalue weighted by molar-refractivity contribution is 5.32. The summed E-state index contributed by atoms with van der Waals surface area (Å²) in [6, 6.07) is 9.95. The Morgan fingerprint density at radius 3 is 2.65 bits per heavy atom. The van der Waals surface area contributed by atoms with Crippen molar-refractivity contribution in [2.75, 3.05) is 13.7 Å². The van der Waals surface area contributed by atoms with E-state index in [0.29, 0.717) is 12.5 Å². The Balaban J connectivity index is 2.84. The lowest BCUT2D eigenvalue weighted by Gasteiger charge is -2.16. The number of ether oxygens (including phenoxy) is 1. The van der Waals surface area contributed by atoms with E-state index >= 15 is 0 Å². The van der Waals surface area contributed by atoms with Gasteiger partial charge in [0.1, 0.15) is 6.04 Å². The summed E-state index contributed by atoms with van der Waals surface area (Å²) in [7, 11) is 1.67. The molecule has 17 heavy (non-hydrogen) atoms. The molecule has 0 amide bonds. The standard InChI is InChI=1S/C14H20N2O/c1-11(2)9-16-14(8-15)13-7-5-4-6-12(13)10-17-3/h4-7,11,14,16H,9-10H2,1-3H3. The molecule has 1 aromatic rings. The zero-order valence-corrected chi connectivity index (χ0v) is 10.7. The number of hydrogen-bond donors (Lipinski definition) is 1. The van der Waals surface area contributed by atoms with Crippen LogP contribution >= 0.6 is 0 Å². The lowest BCUT2D eigenvalue weighted by molar-refractivity contribution is 0.184. The van der Waals surface area contributed by atoms with Crippen LogP contribution in [0.3, 0.4) is 0 Å². The van der Waals surface area contributed by atoms with Gasteiger partial charge in [0.05, 0.1) is 12.7 Å². The molecule has 0 fully saturated rings. The minimum Gasteiger partial charge on any atom is -0.380 e. The molecule has 0 aromatic heterocycles. The van der Waals surface area contributed by atoms with Crippen LogP contribution in [0.2, 0.25) is 0 Å². The number of benzene rings is 1. The van der Waals surface area contributed by atoms with Crippen LogP contribution in [-0.4, -0.2) is 13.7 Å². The summed E-state index contributed by atoms with van der Waals surface area (Å²) in [5.74, 6) is 0.528. The second kappa shape index (κ2) is 7.05. The monoisotopic (exact) mass is 232 g/mol. The summed E-state index contributed by atoms with van der Waals surface area (Å²) in [6.45, 7) is 5.63. The molecule has 0 saturated carbocycles. The summed E-state index contributed by atoms with van der Waals surface area (Å²) in [6.07, 6.45) is 0. The number of hydrogen-bond acceptors (Lipinski definition) is 3. The molecule has 0 heterocycles. The van der Waals surface area contributed by atoms with Gasteiger partial charge in [0.25, 0.3) is 0 Å². The molecule has 0 aliphatic carbocycles. The van der Waals surface area contributed by atoms with E-state index in [1.165, 1.54) is 0 Å². The van der Waals surface area contributed by atoms with Crippen LogP contribution in [0.15, 0.2) is 24.3 Å². The SMILES string of the molecule is COCc1ccccc1C(C#N)NCC(C)C. The van der Waals surface area contributed by atoms with Crippen molar-refractivity contribution in [1.29, 1.82) is 5.26 Å². The van der Waals surface area contributed by atoms with Crippen LogP contribution in [0, 0.1) is 17.2 Å². The molecule has 1 atom stereocenters. The first-order valence-corrected chi connectivity index (χ1v) is 5.88. The van der Waals surface area contributed by atoms with Gasteiger partial charge in [0.15, 0.2) is 0 Å². The third-order valence-electron chi connectivity index (χ3n) is 2.53. The minimum absolute atomic E-state index is 0.260. The molecule has 3 heteroatoms. The highest BCUT2D eigenvalue weighted by Crippen LogP contribution is 2.18. The van der Waals surface area contributed by atoms with Crippen LogP contribution in [0.4, 0.5) is 0 Å². The first-order chi connectivity index (χ1) is 8.19. The highest BCUT2D eigenvalue weighted by Gasteiger charge is 2.13. The normalized spacial score (nSPS) is 12.4. The van der Waals surface area contributed by atoms with Crippen LogP contribution in [0.25, 0.3) is 0 Å². The van der Waals surface area contributed by atoms with E-state index in [4.69, 9.17) is 4.74 Å². The van der Waals surface area contributed by atoms with E-state index in [2.05, 4.69) is 25.2 Å². The Morgan fingerprint density at radius 1 is 1.35 bits per heavy atom. The van der Waals surface area contributed by atoms with Crippen molar-refractivity contribution in [1.82, 2.24) is 5.32 Å². The first kappa shape index (κ1) is 13.7. The molecule has 0 bridgehead atoms. The molecule has 1 rings (SSSR count). The van der Waals surface area contributed by atoms with E-state index < -0.39 is 0 Å². The van der Waals surface area contributed by atoms with E-state index in [0.717, 1.165) is 17.7 Å². The Morgan fingerprint density at radius 2 is 2.06 bits per heavy atom. The maximum Gasteiger partial charge on any atom is 0.121 e. The lowest BCUT2D eigenvalue weighted by Crippen LogP contribution is -2.25. The lowest BCUT2D eigenvalue weighted by atomic mass is 10.0. The van der Waals surface area contributed by atoms with Gasteiger partial charge in [-0.1, -0.05) is 38.1 Å². The average Bonchev–Trinajstić information content (AvgIpc) is 2.32. The van der Waals surface area contributed by atoms with Crippen molar-refractivity contribution in [2.24, 2.45) is 5.92 Å². The topological polar surface area (TPSA) is 45.0 Å². The van der Waals surface area contributed by atoms with Gasteiger partial charge >= 0.3 is 0 Å². The van der Waals surface area contributed by atoms with E-state index in [9.17, 15) is 5.26 Å². The van der Waals surface area contributed by atoms with Crippen molar-refractivity contribution < 1.29 is 4.74 Å². The summed E-state index contributed by atoms with van der Waals surface area (Å²) in [5, 5.41) is 12.5. The van der Waals surface area contributed by atoms with Gasteiger partial charge < -0.3 is 4.74 Å². The molecule has 0 spiro atoms. The van der Waals surface area contributed by atoms with Crippen molar-refractivity contribution in [3.63, 3.8) is 0 Å². The molecule has 0 saturated heterocycles. The van der Waals surface area contributed by atoms with Gasteiger partial charge in [-0.3, -0.25) is 5.32 Å². The van der Waals surface area contributed by atoms with Crippen LogP contribution in [0.5, 0.6) is 0 Å². The van der Waals surface area contributed by atoms with Crippen molar-refractivity contribution in [3.05, 3.63) is 35.4 Å². The quantitative estimate of drug-likeness (QED) is 0.820. The van der Waals surface area contributed by atoms with Gasteiger partial charge in [-0.25, -0.2) is 0 Å². The molecular formula is C14H20N2O. The molecular weight excluding hydrogens is 212 g/mol.